The lowest BCUT2D eigenvalue weighted by molar-refractivity contribution is -0.126. The van der Waals surface area contributed by atoms with Crippen molar-refractivity contribution in [2.24, 2.45) is 0 Å². The average molecular weight is 725 g/mol. The van der Waals surface area contributed by atoms with Crippen molar-refractivity contribution in [2.75, 3.05) is 38.0 Å². The van der Waals surface area contributed by atoms with Crippen molar-refractivity contribution < 1.29 is 22.7 Å². The van der Waals surface area contributed by atoms with E-state index in [0.717, 1.165) is 74.3 Å². The first kappa shape index (κ1) is 36.8. The molecule has 3 aromatic heterocycles. The van der Waals surface area contributed by atoms with Crippen LogP contribution in [-0.2, 0) is 24.2 Å². The van der Waals surface area contributed by atoms with E-state index in [1.165, 1.54) is 17.5 Å². The Kier molecular flexibility index (Phi) is 10.5. The van der Waals surface area contributed by atoms with Crippen LogP contribution in [0.3, 0.4) is 0 Å². The predicted molar refractivity (Wildman–Crippen MR) is 194 cm³/mol. The number of nitrogens with one attached hydrogen (secondary N) is 1. The average Bonchev–Trinajstić information content (AvgIpc) is 3.61. The number of nitrogens with zero attached hydrogens (tertiary/aromatic N) is 7. The van der Waals surface area contributed by atoms with E-state index in [1.54, 1.807) is 6.07 Å². The zero-order chi connectivity index (χ0) is 36.7. The molecule has 0 unspecified atom stereocenters. The van der Waals surface area contributed by atoms with Gasteiger partial charge in [0.1, 0.15) is 34.3 Å². The van der Waals surface area contributed by atoms with Gasteiger partial charge in [-0.05, 0) is 83.7 Å². The van der Waals surface area contributed by atoms with Gasteiger partial charge in [-0.2, -0.15) is 18.4 Å². The lowest BCUT2D eigenvalue weighted by Gasteiger charge is -2.44. The number of carbonyl (C=O) groups is 1. The largest absolute Gasteiger partial charge is 0.444 e. The summed E-state index contributed by atoms with van der Waals surface area (Å²) in [7, 11) is 0. The van der Waals surface area contributed by atoms with Crippen molar-refractivity contribution in [2.45, 2.75) is 104 Å². The molecule has 5 heterocycles. The summed E-state index contributed by atoms with van der Waals surface area (Å²) in [5.41, 5.74) is 3.54. The SMILES string of the molecule is Cc1c(CN2CCC(Nc3ncnc4sc(CC(F)(F)F)cc34)CC2)ccc2c1cc(C#N)n2CCN1C[C@@H](C)N(C(=O)OC(C)(C)C)[C@H](C)C1. The number of halogens is 3. The molecule has 0 bridgehead atoms. The highest BCUT2D eigenvalue weighted by atomic mass is 32.1. The highest BCUT2D eigenvalue weighted by Gasteiger charge is 2.35. The van der Waals surface area contributed by atoms with E-state index in [2.05, 4.69) is 68.6 Å². The second-order valence-corrected chi connectivity index (χ2v) is 16.2. The number of aryl methyl sites for hydroxylation is 1. The van der Waals surface area contributed by atoms with Crippen molar-refractivity contribution in [3.63, 3.8) is 0 Å². The van der Waals surface area contributed by atoms with E-state index in [-0.39, 0.29) is 29.1 Å². The molecule has 274 valence electrons. The standard InChI is InChI=1S/C37H47F3N8O2S/c1-23-19-46(20-24(2)48(23)35(49)50-36(4,5)6)13-14-47-28(18-41)15-30-25(3)26(7-8-32(30)47)21-45-11-9-27(10-12-45)44-33-31-16-29(17-37(38,39)40)51-34(31)43-22-42-33/h7-8,15-16,22-24,27H,9-14,17,19-21H2,1-6H3,(H,42,43,44)/t23-,24-/m1/s1. The fourth-order valence-corrected chi connectivity index (χ4v) is 8.56. The Morgan fingerprint density at radius 1 is 1.04 bits per heavy atom. The highest BCUT2D eigenvalue weighted by Crippen LogP contribution is 2.34. The normalized spacial score (nSPS) is 19.9. The number of ether oxygens (including phenoxy) is 1. The molecule has 1 N–H and O–H groups in total. The van der Waals surface area contributed by atoms with Crippen LogP contribution in [0, 0.1) is 18.3 Å². The fraction of sp³-hybridized carbons (Fsp3) is 0.568. The molecule has 0 spiro atoms. The van der Waals surface area contributed by atoms with E-state index in [0.29, 0.717) is 28.3 Å². The first-order chi connectivity index (χ1) is 24.1. The third-order valence-corrected chi connectivity index (χ3v) is 10.9. The van der Waals surface area contributed by atoms with Crippen LogP contribution in [0.25, 0.3) is 21.1 Å². The van der Waals surface area contributed by atoms with Crippen LogP contribution in [0.5, 0.6) is 0 Å². The molecule has 1 aromatic carbocycles. The molecule has 2 fully saturated rings. The first-order valence-electron chi connectivity index (χ1n) is 17.6. The number of aromatic nitrogens is 3. The van der Waals surface area contributed by atoms with E-state index in [9.17, 15) is 23.2 Å². The monoisotopic (exact) mass is 724 g/mol. The van der Waals surface area contributed by atoms with Crippen LogP contribution in [0.4, 0.5) is 23.8 Å². The van der Waals surface area contributed by atoms with Crippen LogP contribution >= 0.6 is 11.3 Å². The summed E-state index contributed by atoms with van der Waals surface area (Å²) >= 11 is 1.06. The second-order valence-electron chi connectivity index (χ2n) is 15.1. The number of piperidine rings is 1. The molecular formula is C37H47F3N8O2S. The molecule has 4 aromatic rings. The summed E-state index contributed by atoms with van der Waals surface area (Å²) < 4.78 is 46.7. The fourth-order valence-electron chi connectivity index (χ4n) is 7.53. The molecule has 2 atom stereocenters. The zero-order valence-corrected chi connectivity index (χ0v) is 31.0. The Morgan fingerprint density at radius 2 is 1.75 bits per heavy atom. The van der Waals surface area contributed by atoms with Gasteiger partial charge < -0.3 is 19.5 Å². The Labute approximate surface area is 301 Å². The minimum absolute atomic E-state index is 0.00945. The number of fused-ring (bicyclic) bond motifs is 2. The quantitative estimate of drug-likeness (QED) is 0.202. The molecule has 14 heteroatoms. The van der Waals surface area contributed by atoms with Gasteiger partial charge in [0.05, 0.1) is 11.8 Å². The topological polar surface area (TPSA) is 103 Å². The van der Waals surface area contributed by atoms with E-state index >= 15 is 0 Å². The number of likely N-dealkylation sites (tertiary alicyclic amines) is 1. The van der Waals surface area contributed by atoms with Crippen LogP contribution in [-0.4, -0.2) is 98.0 Å². The lowest BCUT2D eigenvalue weighted by Crippen LogP contribution is -2.59. The van der Waals surface area contributed by atoms with E-state index in [4.69, 9.17) is 4.74 Å². The van der Waals surface area contributed by atoms with Gasteiger partial charge in [-0.25, -0.2) is 14.8 Å². The van der Waals surface area contributed by atoms with E-state index in [1.807, 2.05) is 31.7 Å². The van der Waals surface area contributed by atoms with Gasteiger partial charge in [-0.3, -0.25) is 9.80 Å². The van der Waals surface area contributed by atoms with Gasteiger partial charge in [-0.1, -0.05) is 6.07 Å². The van der Waals surface area contributed by atoms with Gasteiger partial charge in [-0.15, -0.1) is 11.3 Å². The molecule has 0 aliphatic carbocycles. The van der Waals surface area contributed by atoms with Crippen molar-refractivity contribution in [1.82, 2.24) is 29.2 Å². The highest BCUT2D eigenvalue weighted by molar-refractivity contribution is 7.18. The zero-order valence-electron chi connectivity index (χ0n) is 30.2. The minimum atomic E-state index is -4.26. The van der Waals surface area contributed by atoms with Gasteiger partial charge in [0.2, 0.25) is 0 Å². The van der Waals surface area contributed by atoms with Gasteiger partial charge in [0, 0.05) is 79.7 Å². The number of hydrogen-bond donors (Lipinski definition) is 1. The molecule has 2 saturated heterocycles. The van der Waals surface area contributed by atoms with Crippen molar-refractivity contribution >= 4 is 44.4 Å². The number of nitriles is 1. The lowest BCUT2D eigenvalue weighted by atomic mass is 10.0. The Hall–Kier alpha value is -3.93. The first-order valence-corrected chi connectivity index (χ1v) is 18.4. The van der Waals surface area contributed by atoms with Crippen molar-refractivity contribution in [3.8, 4) is 6.07 Å². The number of hydrogen-bond acceptors (Lipinski definition) is 9. The van der Waals surface area contributed by atoms with Gasteiger partial charge in [0.25, 0.3) is 0 Å². The second kappa shape index (κ2) is 14.6. The van der Waals surface area contributed by atoms with Crippen LogP contribution in [0.1, 0.15) is 69.2 Å². The molecule has 2 aliphatic heterocycles. The Balaban J connectivity index is 1.06. The number of carbonyl (C=O) groups excluding carboxylic acids is 1. The number of rotatable bonds is 8. The predicted octanol–water partition coefficient (Wildman–Crippen LogP) is 7.34. The number of thiophene rings is 1. The van der Waals surface area contributed by atoms with Gasteiger partial charge >= 0.3 is 12.3 Å². The van der Waals surface area contributed by atoms with Gasteiger partial charge in [0.15, 0.2) is 0 Å². The number of piperazine rings is 1. The van der Waals surface area contributed by atoms with E-state index < -0.39 is 18.2 Å². The smallest absolute Gasteiger partial charge is 0.410 e. The molecule has 2 aliphatic rings. The summed E-state index contributed by atoms with van der Waals surface area (Å²) in [6.45, 7) is 17.3. The van der Waals surface area contributed by atoms with Crippen molar-refractivity contribution in [1.29, 1.82) is 5.26 Å². The maximum absolute atomic E-state index is 13.0. The third kappa shape index (κ3) is 8.59. The maximum atomic E-state index is 13.0. The molecular weight excluding hydrogens is 678 g/mol. The van der Waals surface area contributed by atoms with Crippen LogP contribution in [0.2, 0.25) is 0 Å². The molecule has 1 amide bonds. The van der Waals surface area contributed by atoms with Crippen LogP contribution in [0.15, 0.2) is 30.6 Å². The minimum Gasteiger partial charge on any atom is -0.444 e. The molecule has 6 rings (SSSR count). The Bertz CT molecular complexity index is 1910. The summed E-state index contributed by atoms with van der Waals surface area (Å²) in [5, 5.41) is 15.3. The Morgan fingerprint density at radius 3 is 2.39 bits per heavy atom. The molecule has 10 nitrogen and oxygen atoms in total. The molecule has 0 radical (unpaired) electrons. The number of anilines is 1. The summed E-state index contributed by atoms with van der Waals surface area (Å²) in [6.07, 6.45) is -2.33. The van der Waals surface area contributed by atoms with Crippen LogP contribution < -0.4 is 5.32 Å². The molecule has 51 heavy (non-hydrogen) atoms. The summed E-state index contributed by atoms with van der Waals surface area (Å²) in [4.78, 5) is 28.9. The van der Waals surface area contributed by atoms with Crippen molar-refractivity contribution in [3.05, 3.63) is 52.3 Å². The summed E-state index contributed by atoms with van der Waals surface area (Å²) in [5.74, 6) is 0.592. The third-order valence-electron chi connectivity index (χ3n) is 9.90. The summed E-state index contributed by atoms with van der Waals surface area (Å²) in [6, 6.07) is 10.5. The maximum Gasteiger partial charge on any atom is 0.410 e. The molecule has 0 saturated carbocycles. The number of benzene rings is 1. The number of amides is 1. The number of alkyl halides is 3.